The van der Waals surface area contributed by atoms with Gasteiger partial charge in [0.15, 0.2) is 6.39 Å². The van der Waals surface area contributed by atoms with Crippen LogP contribution in [-0.2, 0) is 32.7 Å². The van der Waals surface area contributed by atoms with Crippen LogP contribution in [0, 0.1) is 0 Å². The molecule has 0 aliphatic carbocycles. The van der Waals surface area contributed by atoms with Crippen molar-refractivity contribution < 1.29 is 37.1 Å². The van der Waals surface area contributed by atoms with Crippen molar-refractivity contribution in [3.63, 3.8) is 0 Å². The summed E-state index contributed by atoms with van der Waals surface area (Å²) in [5, 5.41) is 0. The average molecular weight is 158 g/mol. The molecule has 0 saturated carbocycles. The maximum atomic E-state index is 4.47. The first-order chi connectivity index (χ1) is 2.50. The van der Waals surface area contributed by atoms with Crippen LogP contribution in [0.15, 0.2) is 23.3 Å². The third-order valence-electron chi connectivity index (χ3n) is 0.347. The number of hydrogen-bond acceptors (Lipinski definition) is 2. The van der Waals surface area contributed by atoms with Crippen molar-refractivity contribution in [2.75, 3.05) is 0 Å². The second-order valence-electron chi connectivity index (χ2n) is 0.676. The summed E-state index contributed by atoms with van der Waals surface area (Å²) in [6.07, 6.45) is 4.47. The van der Waals surface area contributed by atoms with Crippen LogP contribution in [0.2, 0.25) is 0 Å². The quantitative estimate of drug-likeness (QED) is 0.554. The molecule has 1 rings (SSSR count). The molecule has 0 fully saturated rings. The summed E-state index contributed by atoms with van der Waals surface area (Å²) >= 11 is 0. The molecule has 6 heavy (non-hydrogen) atoms. The molecular formula is C3H3NOY. The molecule has 0 amide bonds. The van der Waals surface area contributed by atoms with Crippen molar-refractivity contribution in [1.82, 2.24) is 4.98 Å². The van der Waals surface area contributed by atoms with Crippen LogP contribution < -0.4 is 0 Å². The third kappa shape index (κ3) is 1.68. The Morgan fingerprint density at radius 1 is 1.50 bits per heavy atom. The molecule has 1 radical (unpaired) electrons. The van der Waals surface area contributed by atoms with Crippen molar-refractivity contribution in [3.8, 4) is 0 Å². The van der Waals surface area contributed by atoms with Crippen LogP contribution >= 0.6 is 0 Å². The van der Waals surface area contributed by atoms with Gasteiger partial charge in [0.25, 0.3) is 0 Å². The van der Waals surface area contributed by atoms with Crippen LogP contribution in [0.4, 0.5) is 0 Å². The first kappa shape index (κ1) is 6.31. The minimum Gasteiger partial charge on any atom is -0.452 e. The molecule has 0 unspecified atom stereocenters. The summed E-state index contributed by atoms with van der Waals surface area (Å²) in [7, 11) is 0. The van der Waals surface area contributed by atoms with Crippen LogP contribution in [-0.4, -0.2) is 4.98 Å². The fourth-order valence-corrected chi connectivity index (χ4v) is 0.176. The smallest absolute Gasteiger partial charge is 0.180 e. The van der Waals surface area contributed by atoms with Gasteiger partial charge in [0.05, 0.1) is 6.20 Å². The van der Waals surface area contributed by atoms with E-state index in [4.69, 9.17) is 0 Å². The SMILES string of the molecule is [Y].c1cocn1. The van der Waals surface area contributed by atoms with E-state index in [1.165, 1.54) is 12.7 Å². The van der Waals surface area contributed by atoms with E-state index in [1.807, 2.05) is 0 Å². The maximum absolute atomic E-state index is 4.47. The molecule has 2 nitrogen and oxygen atoms in total. The van der Waals surface area contributed by atoms with Crippen LogP contribution in [0.25, 0.3) is 0 Å². The van der Waals surface area contributed by atoms with Gasteiger partial charge in [-0.25, -0.2) is 4.98 Å². The molecule has 1 aromatic rings. The second kappa shape index (κ2) is 3.50. The van der Waals surface area contributed by atoms with Gasteiger partial charge in [-0.05, 0) is 0 Å². The van der Waals surface area contributed by atoms with E-state index in [0.717, 1.165) is 0 Å². The van der Waals surface area contributed by atoms with Gasteiger partial charge in [-0.1, -0.05) is 0 Å². The molecule has 1 heterocycles. The Morgan fingerprint density at radius 2 is 2.33 bits per heavy atom. The van der Waals surface area contributed by atoms with Gasteiger partial charge in [-0.2, -0.15) is 0 Å². The van der Waals surface area contributed by atoms with Crippen LogP contribution in [0.3, 0.4) is 0 Å². The summed E-state index contributed by atoms with van der Waals surface area (Å²) in [6.45, 7) is 0. The van der Waals surface area contributed by atoms with Gasteiger partial charge in [0.2, 0.25) is 0 Å². The molecule has 0 spiro atoms. The van der Waals surface area contributed by atoms with E-state index in [2.05, 4.69) is 9.40 Å². The first-order valence-electron chi connectivity index (χ1n) is 1.32. The van der Waals surface area contributed by atoms with Gasteiger partial charge in [-0.3, -0.25) is 0 Å². The third-order valence-corrected chi connectivity index (χ3v) is 0.347. The minimum absolute atomic E-state index is 0. The number of oxazole rings is 1. The Morgan fingerprint density at radius 3 is 2.50 bits per heavy atom. The molecule has 0 aliphatic rings. The van der Waals surface area contributed by atoms with Gasteiger partial charge < -0.3 is 4.42 Å². The fourth-order valence-electron chi connectivity index (χ4n) is 0.176. The summed E-state index contributed by atoms with van der Waals surface area (Å²) in [5.41, 5.74) is 0. The molecule has 0 N–H and O–H groups in total. The van der Waals surface area contributed by atoms with E-state index in [-0.39, 0.29) is 32.7 Å². The number of nitrogens with zero attached hydrogens (tertiary/aromatic N) is 1. The summed E-state index contributed by atoms with van der Waals surface area (Å²) in [5.74, 6) is 0. The molecule has 0 atom stereocenters. The normalized spacial score (nSPS) is 6.67. The molecule has 29 valence electrons. The van der Waals surface area contributed by atoms with Gasteiger partial charge in [0.1, 0.15) is 6.26 Å². The van der Waals surface area contributed by atoms with Gasteiger partial charge >= 0.3 is 0 Å². The minimum atomic E-state index is 0. The van der Waals surface area contributed by atoms with Crippen LogP contribution in [0.1, 0.15) is 0 Å². The predicted molar refractivity (Wildman–Crippen MR) is 16.5 cm³/mol. The zero-order valence-electron chi connectivity index (χ0n) is 3.16. The largest absolute Gasteiger partial charge is 0.452 e. The van der Waals surface area contributed by atoms with E-state index < -0.39 is 0 Å². The van der Waals surface area contributed by atoms with Gasteiger partial charge in [-0.15, -0.1) is 0 Å². The predicted octanol–water partition coefficient (Wildman–Crippen LogP) is 0.672. The van der Waals surface area contributed by atoms with Crippen LogP contribution in [0.5, 0.6) is 0 Å². The monoisotopic (exact) mass is 158 g/mol. The summed E-state index contributed by atoms with van der Waals surface area (Å²) < 4.78 is 4.47. The Balaban J connectivity index is 0.000000250. The van der Waals surface area contributed by atoms with Crippen molar-refractivity contribution >= 4 is 0 Å². The van der Waals surface area contributed by atoms with Crippen molar-refractivity contribution in [2.45, 2.75) is 0 Å². The summed E-state index contributed by atoms with van der Waals surface area (Å²) in [6, 6.07) is 0. The van der Waals surface area contributed by atoms with Crippen molar-refractivity contribution in [3.05, 3.63) is 18.9 Å². The Labute approximate surface area is 60.8 Å². The molecule has 0 saturated heterocycles. The standard InChI is InChI=1S/C3H3NO.Y/c1-2-5-3-4-1;/h1-3H;. The van der Waals surface area contributed by atoms with E-state index in [1.54, 1.807) is 6.20 Å². The fraction of sp³-hybridized carbons (Fsp3) is 0. The Kier molecular flexibility index (Phi) is 3.69. The molecule has 0 aromatic carbocycles. The average Bonchev–Trinajstić information content (AvgIpc) is 1.76. The number of aromatic nitrogens is 1. The molecule has 0 aliphatic heterocycles. The number of hydrogen-bond donors (Lipinski definition) is 0. The molecule has 3 heteroatoms. The van der Waals surface area contributed by atoms with E-state index in [9.17, 15) is 0 Å². The second-order valence-corrected chi connectivity index (χ2v) is 0.676. The number of rotatable bonds is 0. The zero-order chi connectivity index (χ0) is 3.54. The van der Waals surface area contributed by atoms with Crippen molar-refractivity contribution in [2.24, 2.45) is 0 Å². The first-order valence-corrected chi connectivity index (χ1v) is 1.32. The molecule has 1 aromatic heterocycles. The van der Waals surface area contributed by atoms with E-state index in [0.29, 0.717) is 0 Å². The Hall–Kier alpha value is 0.314. The molecular weight excluding hydrogens is 155 g/mol. The zero-order valence-corrected chi connectivity index (χ0v) is 6.00. The summed E-state index contributed by atoms with van der Waals surface area (Å²) in [4.78, 5) is 3.56. The topological polar surface area (TPSA) is 26.0 Å². The van der Waals surface area contributed by atoms with Crippen molar-refractivity contribution in [1.29, 1.82) is 0 Å². The maximum Gasteiger partial charge on any atom is 0.180 e. The van der Waals surface area contributed by atoms with E-state index >= 15 is 0 Å². The molecule has 0 bridgehead atoms. The van der Waals surface area contributed by atoms with Gasteiger partial charge in [0, 0.05) is 32.7 Å². The Bertz CT molecular complexity index is 67.3.